The van der Waals surface area contributed by atoms with E-state index in [-0.39, 0.29) is 23.9 Å². The summed E-state index contributed by atoms with van der Waals surface area (Å²) in [5.41, 5.74) is 4.99. The normalized spacial score (nSPS) is 15.6. The summed E-state index contributed by atoms with van der Waals surface area (Å²) in [5.74, 6) is -0.0295. The summed E-state index contributed by atoms with van der Waals surface area (Å²) in [7, 11) is 0. The van der Waals surface area contributed by atoms with Crippen molar-refractivity contribution in [1.29, 1.82) is 0 Å². The van der Waals surface area contributed by atoms with Gasteiger partial charge in [0.1, 0.15) is 0 Å². The zero-order chi connectivity index (χ0) is 27.7. The van der Waals surface area contributed by atoms with Crippen LogP contribution in [0, 0.1) is 6.92 Å². The molecule has 202 valence electrons. The number of rotatable bonds is 5. The number of hydrogen-bond acceptors (Lipinski definition) is 5. The summed E-state index contributed by atoms with van der Waals surface area (Å²) >= 11 is 7.51. The maximum Gasteiger partial charge on any atom is 0.322 e. The molecule has 0 saturated carbocycles. The minimum absolute atomic E-state index is 0.0490. The van der Waals surface area contributed by atoms with Crippen molar-refractivity contribution in [3.8, 4) is 16.4 Å². The third-order valence-electron chi connectivity index (χ3n) is 6.96. The van der Waals surface area contributed by atoms with E-state index in [1.54, 1.807) is 15.8 Å². The summed E-state index contributed by atoms with van der Waals surface area (Å²) in [6, 6.07) is 15.0. The highest BCUT2D eigenvalue weighted by atomic mass is 35.5. The zero-order valence-electron chi connectivity index (χ0n) is 22.4. The second-order valence-electron chi connectivity index (χ2n) is 10.1. The molecule has 8 nitrogen and oxygen atoms in total. The lowest BCUT2D eigenvalue weighted by molar-refractivity contribution is 0.0590. The smallest absolute Gasteiger partial charge is 0.322 e. The van der Waals surface area contributed by atoms with Crippen molar-refractivity contribution in [1.82, 2.24) is 24.6 Å². The lowest BCUT2D eigenvalue weighted by Crippen LogP contribution is -2.56. The molecule has 1 fully saturated rings. The second kappa shape index (κ2) is 11.2. The van der Waals surface area contributed by atoms with Gasteiger partial charge in [0.25, 0.3) is 5.91 Å². The Morgan fingerprint density at radius 1 is 1.10 bits per heavy atom. The first kappa shape index (κ1) is 26.9. The van der Waals surface area contributed by atoms with Crippen LogP contribution in [0.15, 0.2) is 60.1 Å². The quantitative estimate of drug-likeness (QED) is 0.302. The van der Waals surface area contributed by atoms with Crippen LogP contribution >= 0.6 is 22.9 Å². The number of hydrogen-bond donors (Lipinski definition) is 1. The summed E-state index contributed by atoms with van der Waals surface area (Å²) in [4.78, 5) is 35.1. The minimum Gasteiger partial charge on any atom is -0.335 e. The van der Waals surface area contributed by atoms with Crippen LogP contribution in [-0.2, 0) is 0 Å². The Hall–Kier alpha value is -3.69. The van der Waals surface area contributed by atoms with Gasteiger partial charge in [0, 0.05) is 47.3 Å². The molecule has 1 saturated heterocycles. The lowest BCUT2D eigenvalue weighted by atomic mass is 10.0. The number of para-hydroxylation sites is 1. The molecule has 0 bridgehead atoms. The SMILES string of the molecule is Cc1ccccc1NC(=O)N1CCN(C(=O)c2cnn(-c3nc(-c4ccc(Cl)cc4)cs3)c2C(C)C)CC1C. The van der Waals surface area contributed by atoms with Gasteiger partial charge in [-0.3, -0.25) is 4.79 Å². The first-order valence-electron chi connectivity index (χ1n) is 12.9. The molecule has 1 atom stereocenters. The van der Waals surface area contributed by atoms with Gasteiger partial charge >= 0.3 is 6.03 Å². The molecule has 2 aromatic heterocycles. The number of piperazine rings is 1. The van der Waals surface area contributed by atoms with Crippen molar-refractivity contribution in [2.24, 2.45) is 0 Å². The molecule has 1 aliphatic rings. The monoisotopic (exact) mass is 562 g/mol. The Morgan fingerprint density at radius 2 is 1.85 bits per heavy atom. The van der Waals surface area contributed by atoms with Crippen molar-refractivity contribution >= 4 is 40.6 Å². The highest BCUT2D eigenvalue weighted by molar-refractivity contribution is 7.12. The van der Waals surface area contributed by atoms with E-state index in [1.807, 2.05) is 72.7 Å². The van der Waals surface area contributed by atoms with Crippen LogP contribution in [0.3, 0.4) is 0 Å². The number of benzene rings is 2. The topological polar surface area (TPSA) is 83.4 Å². The highest BCUT2D eigenvalue weighted by Crippen LogP contribution is 2.30. The molecule has 0 radical (unpaired) electrons. The third kappa shape index (κ3) is 5.55. The fourth-order valence-corrected chi connectivity index (χ4v) is 5.79. The number of anilines is 1. The predicted molar refractivity (Wildman–Crippen MR) is 156 cm³/mol. The second-order valence-corrected chi connectivity index (χ2v) is 11.3. The van der Waals surface area contributed by atoms with Gasteiger partial charge < -0.3 is 15.1 Å². The van der Waals surface area contributed by atoms with E-state index < -0.39 is 0 Å². The van der Waals surface area contributed by atoms with Gasteiger partial charge in [-0.1, -0.05) is 55.8 Å². The fourth-order valence-electron chi connectivity index (χ4n) is 4.86. The molecule has 1 unspecified atom stereocenters. The number of aryl methyl sites for hydroxylation is 1. The Kier molecular flexibility index (Phi) is 7.72. The van der Waals surface area contributed by atoms with Crippen LogP contribution in [0.2, 0.25) is 5.02 Å². The number of nitrogens with one attached hydrogen (secondary N) is 1. The summed E-state index contributed by atoms with van der Waals surface area (Å²) in [6.45, 7) is 9.38. The molecular weight excluding hydrogens is 532 g/mol. The van der Waals surface area contributed by atoms with Crippen molar-refractivity contribution < 1.29 is 9.59 Å². The van der Waals surface area contributed by atoms with E-state index in [9.17, 15) is 9.59 Å². The van der Waals surface area contributed by atoms with Crippen LogP contribution in [-0.4, -0.2) is 62.2 Å². The van der Waals surface area contributed by atoms with E-state index >= 15 is 0 Å². The van der Waals surface area contributed by atoms with Gasteiger partial charge in [-0.15, -0.1) is 11.3 Å². The average molecular weight is 563 g/mol. The maximum absolute atomic E-state index is 13.7. The van der Waals surface area contributed by atoms with Crippen molar-refractivity contribution in [3.63, 3.8) is 0 Å². The summed E-state index contributed by atoms with van der Waals surface area (Å²) in [5, 5.41) is 10.9. The van der Waals surface area contributed by atoms with E-state index in [1.165, 1.54) is 11.3 Å². The molecule has 3 heterocycles. The standard InChI is InChI=1S/C29H31ClN6O2S/c1-18(2)26-23(15-31-36(26)29-33-25(17-39-29)21-9-11-22(30)12-10-21)27(37)34-13-14-35(20(4)16-34)28(38)32-24-8-6-5-7-19(24)3/h5-12,15,17-18,20H,13-14,16H2,1-4H3,(H,32,38). The number of carbonyl (C=O) groups excluding carboxylic acids is 2. The van der Waals surface area contributed by atoms with Crippen molar-refractivity contribution in [2.45, 2.75) is 39.7 Å². The molecular formula is C29H31ClN6O2S. The lowest BCUT2D eigenvalue weighted by Gasteiger charge is -2.39. The number of thiazole rings is 1. The Bertz CT molecular complexity index is 1500. The van der Waals surface area contributed by atoms with Crippen LogP contribution in [0.1, 0.15) is 48.3 Å². The molecule has 4 aromatic rings. The van der Waals surface area contributed by atoms with Gasteiger partial charge in [-0.25, -0.2) is 14.5 Å². The Morgan fingerprint density at radius 3 is 2.54 bits per heavy atom. The first-order valence-corrected chi connectivity index (χ1v) is 14.2. The highest BCUT2D eigenvalue weighted by Gasteiger charge is 2.33. The van der Waals surface area contributed by atoms with Gasteiger partial charge in [-0.2, -0.15) is 5.10 Å². The summed E-state index contributed by atoms with van der Waals surface area (Å²) in [6.07, 6.45) is 1.64. The van der Waals surface area contributed by atoms with Crippen molar-refractivity contribution in [3.05, 3.63) is 82.0 Å². The zero-order valence-corrected chi connectivity index (χ0v) is 24.0. The summed E-state index contributed by atoms with van der Waals surface area (Å²) < 4.78 is 1.78. The Labute approximate surface area is 237 Å². The van der Waals surface area contributed by atoms with E-state index in [0.717, 1.165) is 28.2 Å². The molecule has 1 N–H and O–H groups in total. The van der Waals surface area contributed by atoms with Crippen LogP contribution in [0.5, 0.6) is 0 Å². The fraction of sp³-hybridized carbons (Fsp3) is 0.310. The molecule has 0 spiro atoms. The maximum atomic E-state index is 13.7. The number of urea groups is 1. The van der Waals surface area contributed by atoms with Gasteiger partial charge in [0.2, 0.25) is 5.13 Å². The Balaban J connectivity index is 1.32. The average Bonchev–Trinajstić information content (AvgIpc) is 3.58. The van der Waals surface area contributed by atoms with Crippen LogP contribution in [0.25, 0.3) is 16.4 Å². The molecule has 39 heavy (non-hydrogen) atoms. The third-order valence-corrected chi connectivity index (χ3v) is 8.03. The van der Waals surface area contributed by atoms with E-state index in [2.05, 4.69) is 24.3 Å². The van der Waals surface area contributed by atoms with Gasteiger partial charge in [-0.05, 0) is 43.5 Å². The number of halogens is 1. The molecule has 10 heteroatoms. The van der Waals surface area contributed by atoms with Gasteiger partial charge in [0.15, 0.2) is 0 Å². The molecule has 3 amide bonds. The van der Waals surface area contributed by atoms with Crippen LogP contribution < -0.4 is 5.32 Å². The number of carbonyl (C=O) groups is 2. The van der Waals surface area contributed by atoms with Crippen molar-refractivity contribution in [2.75, 3.05) is 25.0 Å². The van der Waals surface area contributed by atoms with E-state index in [0.29, 0.717) is 35.4 Å². The van der Waals surface area contributed by atoms with Crippen LogP contribution in [0.4, 0.5) is 10.5 Å². The number of aromatic nitrogens is 3. The molecule has 0 aliphatic carbocycles. The minimum atomic E-state index is -0.153. The van der Waals surface area contributed by atoms with E-state index in [4.69, 9.17) is 16.6 Å². The molecule has 1 aliphatic heterocycles. The largest absolute Gasteiger partial charge is 0.335 e. The first-order chi connectivity index (χ1) is 18.7. The number of amides is 3. The molecule has 2 aromatic carbocycles. The molecule has 5 rings (SSSR count). The predicted octanol–water partition coefficient (Wildman–Crippen LogP) is 6.46. The number of nitrogens with zero attached hydrogens (tertiary/aromatic N) is 5. The van der Waals surface area contributed by atoms with Gasteiger partial charge in [0.05, 0.1) is 23.1 Å².